The maximum Gasteiger partial charge on any atom is 0.240 e. The molecule has 5 heteroatoms. The van der Waals surface area contributed by atoms with Gasteiger partial charge in [0.15, 0.2) is 0 Å². The second kappa shape index (κ2) is 7.26. The van der Waals surface area contributed by atoms with Gasteiger partial charge in [-0.2, -0.15) is 0 Å². The van der Waals surface area contributed by atoms with Crippen LogP contribution in [-0.2, 0) is 16.4 Å². The van der Waals surface area contributed by atoms with Gasteiger partial charge in [-0.1, -0.05) is 48.3 Å². The summed E-state index contributed by atoms with van der Waals surface area (Å²) in [5.41, 5.74) is 1.17. The van der Waals surface area contributed by atoms with Crippen LogP contribution in [0, 0.1) is 0 Å². The van der Waals surface area contributed by atoms with Gasteiger partial charge in [0.2, 0.25) is 10.0 Å². The molecule has 0 aliphatic carbocycles. The van der Waals surface area contributed by atoms with Crippen molar-refractivity contribution in [2.75, 3.05) is 5.33 Å². The number of hydrogen-bond donors (Lipinski definition) is 1. The number of hydrogen-bond acceptors (Lipinski definition) is 2. The Morgan fingerprint density at radius 3 is 2.28 bits per heavy atom. The first-order chi connectivity index (χ1) is 8.53. The average molecular weight is 334 g/mol. The Morgan fingerprint density at radius 2 is 1.83 bits per heavy atom. The van der Waals surface area contributed by atoms with Crippen LogP contribution in [0.2, 0.25) is 0 Å². The van der Waals surface area contributed by atoms with Gasteiger partial charge < -0.3 is 0 Å². The van der Waals surface area contributed by atoms with Crippen LogP contribution >= 0.6 is 15.9 Å². The molecule has 102 valence electrons. The van der Waals surface area contributed by atoms with Gasteiger partial charge in [-0.3, -0.25) is 0 Å². The molecule has 0 saturated carbocycles. The van der Waals surface area contributed by atoms with E-state index < -0.39 is 10.0 Å². The summed E-state index contributed by atoms with van der Waals surface area (Å²) in [5, 5.41) is 0.622. The fraction of sp³-hybridized carbons (Fsp3) is 0.538. The third-order valence-corrected chi connectivity index (χ3v) is 5.09. The third-order valence-electron chi connectivity index (χ3n) is 2.77. The Bertz CT molecular complexity index is 452. The molecule has 1 unspecified atom stereocenters. The molecule has 1 aromatic rings. The predicted octanol–water partition coefficient (Wildman–Crippen LogP) is 3.09. The van der Waals surface area contributed by atoms with Crippen molar-refractivity contribution in [1.29, 1.82) is 0 Å². The van der Waals surface area contributed by atoms with Gasteiger partial charge in [0.1, 0.15) is 0 Å². The van der Waals surface area contributed by atoms with E-state index >= 15 is 0 Å². The molecule has 1 aromatic carbocycles. The monoisotopic (exact) mass is 333 g/mol. The highest BCUT2D eigenvalue weighted by Crippen LogP contribution is 2.13. The molecule has 18 heavy (non-hydrogen) atoms. The van der Waals surface area contributed by atoms with E-state index in [9.17, 15) is 8.42 Å². The normalized spacial score (nSPS) is 13.5. The average Bonchev–Trinajstić information content (AvgIpc) is 2.37. The maximum atomic E-state index is 12.1. The fourth-order valence-electron chi connectivity index (χ4n) is 1.64. The lowest BCUT2D eigenvalue weighted by molar-refractivity contribution is 0.559. The van der Waals surface area contributed by atoms with Gasteiger partial charge in [0.25, 0.3) is 0 Å². The molecule has 0 amide bonds. The minimum absolute atomic E-state index is 0.0645. The number of benzene rings is 1. The molecule has 0 spiro atoms. The van der Waals surface area contributed by atoms with Crippen molar-refractivity contribution in [3.63, 3.8) is 0 Å². The van der Waals surface area contributed by atoms with Crippen molar-refractivity contribution >= 4 is 26.0 Å². The molecule has 0 fully saturated rings. The van der Waals surface area contributed by atoms with Crippen LogP contribution < -0.4 is 4.72 Å². The molecular formula is C13H20BrNO2S. The van der Waals surface area contributed by atoms with Crippen LogP contribution in [0.25, 0.3) is 0 Å². The van der Waals surface area contributed by atoms with Crippen molar-refractivity contribution in [3.8, 4) is 0 Å². The van der Waals surface area contributed by atoms with Crippen LogP contribution in [0.1, 0.15) is 32.3 Å². The smallest absolute Gasteiger partial charge is 0.207 e. The summed E-state index contributed by atoms with van der Waals surface area (Å²) in [6.45, 7) is 4.06. The van der Waals surface area contributed by atoms with Gasteiger partial charge in [0, 0.05) is 11.4 Å². The third kappa shape index (κ3) is 4.37. The molecule has 3 nitrogen and oxygen atoms in total. The summed E-state index contributed by atoms with van der Waals surface area (Å²) >= 11 is 3.31. The lowest BCUT2D eigenvalue weighted by Crippen LogP contribution is -2.35. The van der Waals surface area contributed by atoms with E-state index in [1.165, 1.54) is 5.56 Å². The van der Waals surface area contributed by atoms with E-state index in [4.69, 9.17) is 0 Å². The molecule has 1 N–H and O–H groups in total. The number of halogens is 1. The van der Waals surface area contributed by atoms with Crippen molar-refractivity contribution in [3.05, 3.63) is 29.8 Å². The Labute approximate surface area is 118 Å². The molecule has 0 radical (unpaired) electrons. The minimum Gasteiger partial charge on any atom is -0.207 e. The zero-order chi connectivity index (χ0) is 13.6. The van der Waals surface area contributed by atoms with Gasteiger partial charge in [0.05, 0.1) is 4.90 Å². The van der Waals surface area contributed by atoms with Crippen molar-refractivity contribution < 1.29 is 8.42 Å². The highest BCUT2D eigenvalue weighted by atomic mass is 79.9. The van der Waals surface area contributed by atoms with E-state index in [0.717, 1.165) is 19.3 Å². The fourth-order valence-corrected chi connectivity index (χ4v) is 3.79. The first-order valence-electron chi connectivity index (χ1n) is 6.20. The molecule has 0 aliphatic rings. The van der Waals surface area contributed by atoms with E-state index in [2.05, 4.69) is 27.6 Å². The van der Waals surface area contributed by atoms with Crippen LogP contribution in [0.3, 0.4) is 0 Å². The van der Waals surface area contributed by atoms with Crippen LogP contribution in [0.15, 0.2) is 29.2 Å². The van der Waals surface area contributed by atoms with Crippen molar-refractivity contribution in [1.82, 2.24) is 4.72 Å². The topological polar surface area (TPSA) is 46.2 Å². The van der Waals surface area contributed by atoms with Gasteiger partial charge in [-0.05, 0) is 30.5 Å². The standard InChI is InChI=1S/C13H20BrNO2S/c1-3-5-11-6-8-13(9-7-11)18(16,17)15-12(4-2)10-14/h6-9,12,15H,3-5,10H2,1-2H3. The summed E-state index contributed by atoms with van der Waals surface area (Å²) in [5.74, 6) is 0. The van der Waals surface area contributed by atoms with Crippen LogP contribution in [0.5, 0.6) is 0 Å². The second-order valence-corrected chi connectivity index (χ2v) is 6.64. The van der Waals surface area contributed by atoms with Crippen LogP contribution in [0.4, 0.5) is 0 Å². The Hall–Kier alpha value is -0.390. The summed E-state index contributed by atoms with van der Waals surface area (Å²) < 4.78 is 26.9. The predicted molar refractivity (Wildman–Crippen MR) is 78.6 cm³/mol. The van der Waals surface area contributed by atoms with E-state index in [0.29, 0.717) is 10.2 Å². The largest absolute Gasteiger partial charge is 0.240 e. The highest BCUT2D eigenvalue weighted by molar-refractivity contribution is 9.09. The second-order valence-electron chi connectivity index (χ2n) is 4.27. The van der Waals surface area contributed by atoms with E-state index in [1.54, 1.807) is 12.1 Å². The Morgan fingerprint density at radius 1 is 1.22 bits per heavy atom. The van der Waals surface area contributed by atoms with Gasteiger partial charge in [-0.15, -0.1) is 0 Å². The highest BCUT2D eigenvalue weighted by Gasteiger charge is 2.17. The lowest BCUT2D eigenvalue weighted by atomic mass is 10.1. The zero-order valence-electron chi connectivity index (χ0n) is 10.8. The summed E-state index contributed by atoms with van der Waals surface area (Å²) in [7, 11) is -3.40. The molecule has 0 aromatic heterocycles. The van der Waals surface area contributed by atoms with Gasteiger partial charge >= 0.3 is 0 Å². The molecule has 1 atom stereocenters. The number of nitrogens with one attached hydrogen (secondary N) is 1. The minimum atomic E-state index is -3.40. The number of sulfonamides is 1. The molecule has 0 aliphatic heterocycles. The molecular weight excluding hydrogens is 314 g/mol. The SMILES string of the molecule is CCCc1ccc(S(=O)(=O)NC(CC)CBr)cc1. The summed E-state index contributed by atoms with van der Waals surface area (Å²) in [6.07, 6.45) is 2.80. The van der Waals surface area contributed by atoms with Crippen molar-refractivity contribution in [2.45, 2.75) is 44.0 Å². The lowest BCUT2D eigenvalue weighted by Gasteiger charge is -2.14. The van der Waals surface area contributed by atoms with Crippen LogP contribution in [-0.4, -0.2) is 19.8 Å². The van der Waals surface area contributed by atoms with Crippen molar-refractivity contribution in [2.24, 2.45) is 0 Å². The summed E-state index contributed by atoms with van der Waals surface area (Å²) in [4.78, 5) is 0.335. The first kappa shape index (κ1) is 15.7. The number of aryl methyl sites for hydroxylation is 1. The number of rotatable bonds is 7. The Balaban J connectivity index is 2.84. The van der Waals surface area contributed by atoms with E-state index in [1.807, 2.05) is 19.1 Å². The summed E-state index contributed by atoms with van der Waals surface area (Å²) in [6, 6.07) is 7.05. The number of alkyl halides is 1. The molecule has 0 bridgehead atoms. The zero-order valence-corrected chi connectivity index (χ0v) is 13.2. The molecule has 0 heterocycles. The maximum absolute atomic E-state index is 12.1. The first-order valence-corrected chi connectivity index (χ1v) is 8.81. The van der Waals surface area contributed by atoms with E-state index in [-0.39, 0.29) is 6.04 Å². The molecule has 0 saturated heterocycles. The quantitative estimate of drug-likeness (QED) is 0.779. The van der Waals surface area contributed by atoms with Gasteiger partial charge in [-0.25, -0.2) is 13.1 Å². The Kier molecular flexibility index (Phi) is 6.32. The molecule has 1 rings (SSSR count).